The largest absolute Gasteiger partial charge is 0.501 e. The van der Waals surface area contributed by atoms with Gasteiger partial charge in [-0.3, -0.25) is 19.9 Å². The van der Waals surface area contributed by atoms with Crippen LogP contribution in [0.15, 0.2) is 218 Å². The van der Waals surface area contributed by atoms with Crippen LogP contribution >= 0.6 is 23.1 Å². The first-order valence-corrected chi connectivity index (χ1v) is 37.1. The Labute approximate surface area is 587 Å². The summed E-state index contributed by atoms with van der Waals surface area (Å²) in [6.45, 7) is 54.9. The zero-order valence-electron chi connectivity index (χ0n) is 63.7. The molecule has 5 aliphatic heterocycles. The van der Waals surface area contributed by atoms with Crippen molar-refractivity contribution in [3.05, 3.63) is 205 Å². The Morgan fingerprint density at radius 2 is 1.12 bits per heavy atom. The number of allylic oxidation sites excluding steroid dienone is 8. The van der Waals surface area contributed by atoms with Crippen LogP contribution in [-0.2, 0) is 28.8 Å². The van der Waals surface area contributed by atoms with Crippen LogP contribution in [0.2, 0.25) is 0 Å². The number of H-pyrrole nitrogens is 3. The third-order valence-corrected chi connectivity index (χ3v) is 8.79. The number of rotatable bonds is 0. The number of carbonyl (C=O) groups is 1. The molecular formula is C71H136N12O9S3. The highest BCUT2D eigenvalue weighted by molar-refractivity contribution is 7.97. The van der Waals surface area contributed by atoms with Crippen LogP contribution < -0.4 is 11.1 Å². The van der Waals surface area contributed by atoms with Crippen molar-refractivity contribution in [3.63, 3.8) is 0 Å². The summed E-state index contributed by atoms with van der Waals surface area (Å²) in [6, 6.07) is 1.83. The minimum Gasteiger partial charge on any atom is -0.501 e. The first-order chi connectivity index (χ1) is 47.0. The van der Waals surface area contributed by atoms with Crippen LogP contribution in [0.4, 0.5) is 0 Å². The standard InChI is InChI=1S/C5H8.C5H6.C4H7NO.C4H4O2S.C4H6O.3C3H4N2.C3H3NO2.C3H3NO.C3H3NS.C3H4O2.C2H2N2S.13C2H6/c2*1-2-4-5-3-1;6-4-2-1-3-5-4;5-7(6)3-1-2-4-7;1-2-4-5-3-1;1-2-5-3-4-1;2*1-2-4-5-3-1;5-3-4-1-2-6-3;3*1-2-5-3-4-1;1-2-4-5-3-1;13*1-2/h1-2H,3-5H2;1-4H,5H2;1-3H2,(H,5,6);1-4H;1,3H,2,4H2;1-3H,(H,4,5);1-2H,3H2;1-3H,(H,4,5);1-2H,(H,4,5);2*1-3H;1-2H,3H2;1-2H;13*1-2H3. The van der Waals surface area contributed by atoms with Crippen LogP contribution in [0.3, 0.4) is 0 Å². The third-order valence-electron chi connectivity index (χ3n) is 6.77. The van der Waals surface area contributed by atoms with E-state index in [1.165, 1.54) is 80.8 Å². The van der Waals surface area contributed by atoms with Crippen molar-refractivity contribution < 1.29 is 36.3 Å². The number of sulfone groups is 1. The Morgan fingerprint density at radius 1 is 0.537 bits per heavy atom. The van der Waals surface area contributed by atoms with Gasteiger partial charge >= 0.3 is 5.76 Å². The molecule has 0 aromatic carbocycles. The third kappa shape index (κ3) is 144. The molecule has 0 spiro atoms. The number of imidazole rings is 1. The second kappa shape index (κ2) is 143. The number of thiazole rings is 1. The lowest BCUT2D eigenvalue weighted by Crippen LogP contribution is -2.12. The molecule has 21 nitrogen and oxygen atoms in total. The fourth-order valence-corrected chi connectivity index (χ4v) is 5.16. The molecule has 24 heteroatoms. The zero-order valence-corrected chi connectivity index (χ0v) is 66.2. The average Bonchev–Trinajstić information content (AvgIpc) is 2.20. The molecule has 0 atom stereocenters. The number of azo groups is 1. The fraction of sp³-hybridized carbons (Fsp3) is 0.521. The van der Waals surface area contributed by atoms with E-state index in [1.807, 2.05) is 204 Å². The van der Waals surface area contributed by atoms with Crippen LogP contribution in [-0.4, -0.2) is 84.7 Å². The van der Waals surface area contributed by atoms with Crippen LogP contribution in [0.5, 0.6) is 0 Å². The summed E-state index contributed by atoms with van der Waals surface area (Å²) in [7, 11) is -2.91. The molecule has 552 valence electrons. The first kappa shape index (κ1) is 118. The van der Waals surface area contributed by atoms with Gasteiger partial charge in [-0.2, -0.15) is 24.1 Å². The smallest absolute Gasteiger partial charge is 0.416 e. The van der Waals surface area contributed by atoms with Gasteiger partial charge in [-0.15, -0.1) is 11.3 Å². The highest BCUT2D eigenvalue weighted by Crippen LogP contribution is 2.05. The summed E-state index contributed by atoms with van der Waals surface area (Å²) in [6.07, 6.45) is 55.0. The highest BCUT2D eigenvalue weighted by Gasteiger charge is 2.05. The number of amides is 1. The van der Waals surface area contributed by atoms with Crippen molar-refractivity contribution in [2.24, 2.45) is 10.2 Å². The number of aromatic nitrogens is 9. The molecule has 0 radical (unpaired) electrons. The first-order valence-electron chi connectivity index (χ1n) is 33.8. The number of oxazole rings is 2. The van der Waals surface area contributed by atoms with E-state index in [2.05, 4.69) is 114 Å². The van der Waals surface area contributed by atoms with Gasteiger partial charge in [0.05, 0.1) is 61.6 Å². The molecule has 7 aliphatic rings. The van der Waals surface area contributed by atoms with E-state index in [0.717, 1.165) is 56.2 Å². The number of carbonyl (C=O) groups excluding carboxylic acids is 1. The maximum atomic E-state index is 10.3. The van der Waals surface area contributed by atoms with Gasteiger partial charge in [0.2, 0.25) is 12.7 Å². The summed E-state index contributed by atoms with van der Waals surface area (Å²) < 4.78 is 50.4. The molecule has 0 unspecified atom stereocenters. The Hall–Kier alpha value is -7.83. The van der Waals surface area contributed by atoms with Crippen LogP contribution in [0.25, 0.3) is 0 Å². The van der Waals surface area contributed by atoms with E-state index in [-0.39, 0.29) is 5.91 Å². The van der Waals surface area contributed by atoms with Crippen molar-refractivity contribution in [2.75, 3.05) is 26.5 Å². The summed E-state index contributed by atoms with van der Waals surface area (Å²) >= 11 is 2.81. The Kier molecular flexibility index (Phi) is 177. The van der Waals surface area contributed by atoms with Crippen molar-refractivity contribution in [2.45, 2.75) is 225 Å². The Bertz CT molecular complexity index is 1990. The Balaban J connectivity index is -0.0000000678. The van der Waals surface area contributed by atoms with Gasteiger partial charge in [-0.05, 0) is 62.5 Å². The van der Waals surface area contributed by atoms with E-state index >= 15 is 0 Å². The molecule has 6 aromatic rings. The molecule has 0 saturated carbocycles. The number of nitrogens with zero attached hydrogens (tertiary/aromatic N) is 8. The summed E-state index contributed by atoms with van der Waals surface area (Å²) in [5, 5.41) is 20.3. The van der Waals surface area contributed by atoms with Gasteiger partial charge in [0.25, 0.3) is 0 Å². The van der Waals surface area contributed by atoms with Gasteiger partial charge < -0.3 is 33.3 Å². The summed E-state index contributed by atoms with van der Waals surface area (Å²) in [4.78, 5) is 36.0. The maximum absolute atomic E-state index is 10.3. The van der Waals surface area contributed by atoms with E-state index in [0.29, 0.717) is 6.79 Å². The van der Waals surface area contributed by atoms with Crippen molar-refractivity contribution in [1.29, 1.82) is 0 Å². The molecule has 4 N–H and O–H groups in total. The topological polar surface area (TPSA) is 284 Å². The zero-order chi connectivity index (χ0) is 75.5. The molecule has 0 bridgehead atoms. The Morgan fingerprint density at radius 3 is 1.25 bits per heavy atom. The maximum Gasteiger partial charge on any atom is 0.416 e. The molecular weight excluding hydrogens is 1260 g/mol. The lowest BCUT2D eigenvalue weighted by molar-refractivity contribution is -0.119. The van der Waals surface area contributed by atoms with Gasteiger partial charge in [0.15, 0.2) is 16.2 Å². The van der Waals surface area contributed by atoms with Crippen molar-refractivity contribution in [3.8, 4) is 0 Å². The van der Waals surface area contributed by atoms with Gasteiger partial charge in [-0.1, -0.05) is 216 Å². The number of nitrogens with one attached hydrogen (secondary N) is 4. The SMILES string of the molecule is C1=CCC=C1.C1=CCCC1.C1=CN=NC1.C1=COCC1.C1=COCO1.CC.CC.CC.CC.CC.CC.CC.CC.CC.CC.CC.CC.CC.O=C1CCCN1.O=S1(=O)C=CC=C1.O=c1[nH]cco1.c1c[nH]cn1.c1cn[nH]c1.c1cnsn1.c1cocn1.c1cscn1. The van der Waals surface area contributed by atoms with E-state index < -0.39 is 15.6 Å². The number of ether oxygens (including phenoxy) is 3. The molecule has 1 saturated heterocycles. The lowest BCUT2D eigenvalue weighted by Gasteiger charge is -1.82. The lowest BCUT2D eigenvalue weighted by atomic mass is 10.4. The minimum atomic E-state index is -2.91. The number of aromatic amines is 3. The van der Waals surface area contributed by atoms with E-state index in [9.17, 15) is 18.0 Å². The minimum absolute atomic E-state index is 0.204. The molecule has 1 amide bonds. The average molecular weight is 1400 g/mol. The molecule has 1 fully saturated rings. The summed E-state index contributed by atoms with van der Waals surface area (Å²) in [5.74, 6) is -0.204. The van der Waals surface area contributed by atoms with Crippen LogP contribution in [0, 0.1) is 0 Å². The van der Waals surface area contributed by atoms with Gasteiger partial charge in [0, 0.05) is 79.0 Å². The molecule has 6 aromatic heterocycles. The monoisotopic (exact) mass is 1400 g/mol. The second-order valence-electron chi connectivity index (χ2n) is 12.1. The fourth-order valence-electron chi connectivity index (χ4n) is 3.82. The normalized spacial score (nSPS) is 11.4. The second-order valence-corrected chi connectivity index (χ2v) is 15.2. The van der Waals surface area contributed by atoms with Gasteiger partial charge in [-0.25, -0.2) is 23.2 Å². The van der Waals surface area contributed by atoms with Crippen molar-refractivity contribution in [1.82, 2.24) is 49.2 Å². The van der Waals surface area contributed by atoms with Gasteiger partial charge in [0.1, 0.15) is 25.1 Å². The molecule has 13 rings (SSSR count). The van der Waals surface area contributed by atoms with E-state index in [4.69, 9.17) is 4.74 Å². The van der Waals surface area contributed by atoms with E-state index in [1.54, 1.807) is 85.2 Å². The number of hydrogen-bond acceptors (Lipinski definition) is 19. The predicted octanol–water partition coefficient (Wildman–Crippen LogP) is 22.4. The molecule has 11 heterocycles. The van der Waals surface area contributed by atoms with Crippen molar-refractivity contribution >= 4 is 38.8 Å². The molecule has 2 aliphatic carbocycles. The van der Waals surface area contributed by atoms with Crippen LogP contribution in [0.1, 0.15) is 225 Å². The predicted molar refractivity (Wildman–Crippen MR) is 413 cm³/mol. The quantitative estimate of drug-likeness (QED) is 0.103. The highest BCUT2D eigenvalue weighted by atomic mass is 32.2. The summed E-state index contributed by atoms with van der Waals surface area (Å²) in [5.41, 5.74) is 1.79. The molecule has 95 heavy (non-hydrogen) atoms. The number of hydrogen-bond donors (Lipinski definition) is 4.